The lowest BCUT2D eigenvalue weighted by Crippen LogP contribution is -2.12. The van der Waals surface area contributed by atoms with Gasteiger partial charge in [0.25, 0.3) is 0 Å². The average molecular weight is 389 g/mol. The number of nitrogens with zero attached hydrogens (tertiary/aromatic N) is 2. The van der Waals surface area contributed by atoms with Gasteiger partial charge >= 0.3 is 0 Å². The number of aryl methyl sites for hydroxylation is 1. The lowest BCUT2D eigenvalue weighted by Gasteiger charge is -2.08. The van der Waals surface area contributed by atoms with Crippen molar-refractivity contribution in [2.45, 2.75) is 19.3 Å². The van der Waals surface area contributed by atoms with Crippen LogP contribution in [-0.4, -0.2) is 29.9 Å². The van der Waals surface area contributed by atoms with Crippen molar-refractivity contribution in [2.75, 3.05) is 20.6 Å². The first-order chi connectivity index (χ1) is 11.1. The van der Waals surface area contributed by atoms with Crippen LogP contribution in [0.25, 0.3) is 21.3 Å². The molecule has 0 aliphatic rings. The molecule has 0 saturated heterocycles. The predicted octanol–water partition coefficient (Wildman–Crippen LogP) is 5.61. The lowest BCUT2D eigenvalue weighted by atomic mass is 10.0. The van der Waals surface area contributed by atoms with E-state index in [-0.39, 0.29) is 0 Å². The smallest absolute Gasteiger partial charge is 0.0919 e. The zero-order valence-corrected chi connectivity index (χ0v) is 16.0. The molecule has 1 heterocycles. The predicted molar refractivity (Wildman–Crippen MR) is 104 cm³/mol. The quantitative estimate of drug-likeness (QED) is 0.510. The van der Waals surface area contributed by atoms with Gasteiger partial charge in [-0.1, -0.05) is 40.2 Å². The van der Waals surface area contributed by atoms with E-state index in [0.717, 1.165) is 23.1 Å². The summed E-state index contributed by atoms with van der Waals surface area (Å²) < 4.78 is 7.06. The van der Waals surface area contributed by atoms with Crippen LogP contribution in [0.1, 0.15) is 18.4 Å². The first kappa shape index (κ1) is 16.6. The molecule has 0 amide bonds. The first-order valence-electron chi connectivity index (χ1n) is 7.92. The van der Waals surface area contributed by atoms with Gasteiger partial charge in [0.2, 0.25) is 0 Å². The maximum Gasteiger partial charge on any atom is 0.0919 e. The van der Waals surface area contributed by atoms with E-state index in [9.17, 15) is 0 Å². The fraction of sp³-hybridized carbons (Fsp3) is 0.316. The Kier molecular flexibility index (Phi) is 5.46. The van der Waals surface area contributed by atoms with Crippen molar-refractivity contribution in [3.63, 3.8) is 0 Å². The summed E-state index contributed by atoms with van der Waals surface area (Å²) >= 11 is 5.09. The van der Waals surface area contributed by atoms with E-state index in [1.165, 1.54) is 34.1 Å². The van der Waals surface area contributed by atoms with Crippen LogP contribution >= 0.6 is 27.5 Å². The Balaban J connectivity index is 1.76. The van der Waals surface area contributed by atoms with Gasteiger partial charge in [0.15, 0.2) is 0 Å². The highest BCUT2D eigenvalue weighted by atomic mass is 79.9. The minimum atomic E-state index is 1.09. The molecule has 0 aliphatic carbocycles. The second-order valence-electron chi connectivity index (χ2n) is 6.13. The normalized spacial score (nSPS) is 11.5. The average Bonchev–Trinajstić information content (AvgIpc) is 2.95. The minimum absolute atomic E-state index is 1.09. The van der Waals surface area contributed by atoms with Gasteiger partial charge in [-0.15, -0.1) is 0 Å². The number of benzene rings is 2. The molecule has 0 saturated carbocycles. The maximum atomic E-state index is 4.68. The highest BCUT2D eigenvalue weighted by Gasteiger charge is 2.09. The van der Waals surface area contributed by atoms with Gasteiger partial charge in [-0.05, 0) is 75.2 Å². The molecule has 3 aromatic rings. The van der Waals surface area contributed by atoms with Gasteiger partial charge in [0.05, 0.1) is 10.4 Å². The number of rotatable bonds is 6. The molecule has 0 bridgehead atoms. The van der Waals surface area contributed by atoms with Gasteiger partial charge in [0.1, 0.15) is 0 Å². The molecule has 0 atom stereocenters. The van der Waals surface area contributed by atoms with E-state index >= 15 is 0 Å². The van der Waals surface area contributed by atoms with Crippen molar-refractivity contribution in [1.29, 1.82) is 0 Å². The van der Waals surface area contributed by atoms with Crippen molar-refractivity contribution in [2.24, 2.45) is 0 Å². The van der Waals surface area contributed by atoms with Gasteiger partial charge < -0.3 is 4.90 Å². The summed E-state index contributed by atoms with van der Waals surface area (Å²) in [5.41, 5.74) is 3.69. The summed E-state index contributed by atoms with van der Waals surface area (Å²) in [6.45, 7) is 1.16. The molecule has 2 aromatic carbocycles. The minimum Gasteiger partial charge on any atom is -0.309 e. The van der Waals surface area contributed by atoms with E-state index < -0.39 is 0 Å². The summed E-state index contributed by atoms with van der Waals surface area (Å²) in [6.07, 6.45) is 3.63. The zero-order valence-electron chi connectivity index (χ0n) is 13.6. The monoisotopic (exact) mass is 388 g/mol. The van der Waals surface area contributed by atoms with Crippen LogP contribution in [0.2, 0.25) is 0 Å². The maximum absolute atomic E-state index is 4.68. The third-order valence-electron chi connectivity index (χ3n) is 3.97. The molecular formula is C19H21BrN2S. The summed E-state index contributed by atoms with van der Waals surface area (Å²) in [7, 11) is 4.26. The largest absolute Gasteiger partial charge is 0.309 e. The summed E-state index contributed by atoms with van der Waals surface area (Å²) in [4.78, 5) is 2.25. The molecular weight excluding hydrogens is 368 g/mol. The van der Waals surface area contributed by atoms with Crippen LogP contribution in [-0.2, 0) is 6.42 Å². The molecule has 0 fully saturated rings. The topological polar surface area (TPSA) is 16.1 Å². The van der Waals surface area contributed by atoms with E-state index in [4.69, 9.17) is 0 Å². The molecule has 3 rings (SSSR count). The second-order valence-corrected chi connectivity index (χ2v) is 7.85. The number of halogens is 1. The SMILES string of the molecule is CN(C)CCCCc1ccc2c(-c3ccc(Br)cc3)nsc2c1. The third-order valence-corrected chi connectivity index (χ3v) is 5.31. The highest BCUT2D eigenvalue weighted by molar-refractivity contribution is 9.10. The molecule has 120 valence electrons. The molecule has 1 aromatic heterocycles. The molecule has 0 spiro atoms. The molecule has 0 radical (unpaired) electrons. The van der Waals surface area contributed by atoms with Crippen LogP contribution < -0.4 is 0 Å². The molecule has 2 nitrogen and oxygen atoms in total. The van der Waals surface area contributed by atoms with E-state index in [1.54, 1.807) is 11.5 Å². The van der Waals surface area contributed by atoms with Crippen LogP contribution in [0.3, 0.4) is 0 Å². The number of aromatic nitrogens is 1. The molecule has 0 unspecified atom stereocenters. The summed E-state index contributed by atoms with van der Waals surface area (Å²) in [5.74, 6) is 0. The van der Waals surface area contributed by atoms with Gasteiger partial charge in [-0.2, -0.15) is 4.37 Å². The molecule has 23 heavy (non-hydrogen) atoms. The Bertz CT molecular complexity index is 778. The lowest BCUT2D eigenvalue weighted by molar-refractivity contribution is 0.394. The van der Waals surface area contributed by atoms with Gasteiger partial charge in [-0.25, -0.2) is 0 Å². The van der Waals surface area contributed by atoms with E-state index in [2.05, 4.69) is 81.8 Å². The number of hydrogen-bond acceptors (Lipinski definition) is 3. The Hall–Kier alpha value is -1.23. The molecule has 4 heteroatoms. The van der Waals surface area contributed by atoms with Crippen molar-refractivity contribution in [1.82, 2.24) is 9.27 Å². The Morgan fingerprint density at radius 2 is 1.83 bits per heavy atom. The van der Waals surface area contributed by atoms with Crippen molar-refractivity contribution >= 4 is 37.5 Å². The standard InChI is InChI=1S/C19H21BrN2S/c1-22(2)12-4-3-5-14-6-11-17-18(13-14)23-21-19(17)15-7-9-16(20)10-8-15/h6-11,13H,3-5,12H2,1-2H3. The fourth-order valence-electron chi connectivity index (χ4n) is 2.71. The van der Waals surface area contributed by atoms with E-state index in [0.29, 0.717) is 0 Å². The number of fused-ring (bicyclic) bond motifs is 1. The second kappa shape index (κ2) is 7.56. The number of hydrogen-bond donors (Lipinski definition) is 0. The summed E-state index contributed by atoms with van der Waals surface area (Å²) in [6, 6.07) is 15.2. The number of unbranched alkanes of at least 4 members (excludes halogenated alkanes) is 1. The summed E-state index contributed by atoms with van der Waals surface area (Å²) in [5, 5.41) is 1.26. The van der Waals surface area contributed by atoms with Gasteiger partial charge in [0, 0.05) is 15.4 Å². The van der Waals surface area contributed by atoms with Gasteiger partial charge in [-0.3, -0.25) is 0 Å². The van der Waals surface area contributed by atoms with Crippen LogP contribution in [0.15, 0.2) is 46.9 Å². The van der Waals surface area contributed by atoms with E-state index in [1.807, 2.05) is 0 Å². The molecule has 0 aliphatic heterocycles. The van der Waals surface area contributed by atoms with Crippen molar-refractivity contribution in [3.05, 3.63) is 52.5 Å². The zero-order chi connectivity index (χ0) is 16.2. The van der Waals surface area contributed by atoms with Crippen LogP contribution in [0, 0.1) is 0 Å². The van der Waals surface area contributed by atoms with Crippen molar-refractivity contribution < 1.29 is 0 Å². The first-order valence-corrected chi connectivity index (χ1v) is 9.49. The van der Waals surface area contributed by atoms with Crippen LogP contribution in [0.5, 0.6) is 0 Å². The van der Waals surface area contributed by atoms with Crippen molar-refractivity contribution in [3.8, 4) is 11.3 Å². The third kappa shape index (κ3) is 4.19. The Morgan fingerprint density at radius 3 is 2.57 bits per heavy atom. The highest BCUT2D eigenvalue weighted by Crippen LogP contribution is 2.32. The van der Waals surface area contributed by atoms with Crippen LogP contribution in [0.4, 0.5) is 0 Å². The Labute approximate surface area is 150 Å². The Morgan fingerprint density at radius 1 is 1.04 bits per heavy atom. The fourth-order valence-corrected chi connectivity index (χ4v) is 3.84. The molecule has 0 N–H and O–H groups in total.